The Labute approximate surface area is 302 Å². The first-order valence-corrected chi connectivity index (χ1v) is 19.3. The van der Waals surface area contributed by atoms with Gasteiger partial charge in [-0.2, -0.15) is 0 Å². The van der Waals surface area contributed by atoms with Crippen LogP contribution in [0, 0.1) is 0 Å². The topological polar surface area (TPSA) is 137 Å². The fourth-order valence-corrected chi connectivity index (χ4v) is 7.49. The predicted octanol–water partition coefficient (Wildman–Crippen LogP) is 5.10. The zero-order chi connectivity index (χ0) is 36.3. The Morgan fingerprint density at radius 3 is 2.41 bits per heavy atom. The lowest BCUT2D eigenvalue weighted by Gasteiger charge is -2.36. The fraction of sp³-hybridized carbons (Fsp3) is 0.368. The maximum atomic E-state index is 14.1. The van der Waals surface area contributed by atoms with E-state index in [1.165, 1.54) is 30.8 Å². The number of carbonyl (C=O) groups excluding carboxylic acids is 3. The number of carbonyl (C=O) groups is 3. The van der Waals surface area contributed by atoms with E-state index in [1.54, 1.807) is 29.2 Å². The summed E-state index contributed by atoms with van der Waals surface area (Å²) >= 11 is 6.11. The minimum absolute atomic E-state index is 0.103. The van der Waals surface area contributed by atoms with Gasteiger partial charge >= 0.3 is 0 Å². The fourth-order valence-electron chi connectivity index (χ4n) is 6.87. The summed E-state index contributed by atoms with van der Waals surface area (Å²) in [5.41, 5.74) is 2.98. The number of piperidine rings is 2. The van der Waals surface area contributed by atoms with Crippen LogP contribution in [0.1, 0.15) is 65.3 Å². The average Bonchev–Trinajstić information content (AvgIpc) is 3.12. The first-order valence-electron chi connectivity index (χ1n) is 17.1. The molecule has 1 N–H and O–H groups in total. The monoisotopic (exact) mass is 732 g/mol. The van der Waals surface area contributed by atoms with E-state index in [1.807, 2.05) is 17.0 Å². The number of rotatable bonds is 10. The molecule has 0 radical (unpaired) electrons. The lowest BCUT2D eigenvalue weighted by atomic mass is 9.86. The molecule has 2 fully saturated rings. The van der Waals surface area contributed by atoms with Crippen molar-refractivity contribution in [3.63, 3.8) is 0 Å². The molecule has 1 atom stereocenters. The number of sulfonamides is 1. The molecule has 13 heteroatoms. The maximum absolute atomic E-state index is 14.1. The van der Waals surface area contributed by atoms with Crippen LogP contribution in [0.2, 0.25) is 5.02 Å². The zero-order valence-corrected chi connectivity index (χ0v) is 30.2. The van der Waals surface area contributed by atoms with Crippen LogP contribution >= 0.6 is 11.6 Å². The zero-order valence-electron chi connectivity index (χ0n) is 28.6. The molecule has 2 aliphatic heterocycles. The summed E-state index contributed by atoms with van der Waals surface area (Å²) in [6.07, 6.45) is 5.25. The molecule has 3 aromatic carbocycles. The van der Waals surface area contributed by atoms with Gasteiger partial charge in [-0.05, 0) is 78.6 Å². The molecule has 0 spiro atoms. The highest BCUT2D eigenvalue weighted by molar-refractivity contribution is 7.92. The van der Waals surface area contributed by atoms with E-state index in [0.29, 0.717) is 31.1 Å². The van der Waals surface area contributed by atoms with Gasteiger partial charge in [0.05, 0.1) is 17.3 Å². The van der Waals surface area contributed by atoms with Crippen LogP contribution < -0.4 is 15.1 Å². The van der Waals surface area contributed by atoms with Crippen LogP contribution in [0.3, 0.4) is 0 Å². The number of fused-ring (bicyclic) bond motifs is 1. The van der Waals surface area contributed by atoms with Gasteiger partial charge in [0.15, 0.2) is 11.2 Å². The van der Waals surface area contributed by atoms with E-state index in [4.69, 9.17) is 16.0 Å². The summed E-state index contributed by atoms with van der Waals surface area (Å²) in [7, 11) is -2.19. The number of anilines is 1. The van der Waals surface area contributed by atoms with Gasteiger partial charge in [-0.25, -0.2) is 8.42 Å². The summed E-state index contributed by atoms with van der Waals surface area (Å²) < 4.78 is 30.9. The van der Waals surface area contributed by atoms with Crippen LogP contribution in [0.5, 0.6) is 0 Å². The molecule has 11 nitrogen and oxygen atoms in total. The SMILES string of the molecule is CN(c1ccc2oc(C(=O)N[C@H](Cc3ccc(Cl)cc3)C(=O)N3CCC(c4ccccc4CN4CCCCC4=O)CC3)cc(=O)c2c1)S(C)(=O)=O. The standard InChI is InChI=1S/C38H41ClN4O7S/c1-41(51(2,48)49)29-14-15-34-31(22-29)33(44)23-35(50-34)37(46)40-32(21-25-10-12-28(39)13-11-25)38(47)42-19-16-26(17-20-42)30-8-4-3-7-27(30)24-43-18-6-5-9-36(43)45/h3-4,7-8,10-15,22-23,26,32H,5-6,9,16-21,24H2,1-2H3,(H,40,46)/t32-/m1/s1. The number of hydrogen-bond acceptors (Lipinski definition) is 7. The van der Waals surface area contributed by atoms with Crippen molar-refractivity contribution in [2.75, 3.05) is 37.2 Å². The Kier molecular flexibility index (Phi) is 10.8. The highest BCUT2D eigenvalue weighted by atomic mass is 35.5. The molecule has 4 aromatic rings. The normalized spacial score (nSPS) is 16.3. The number of nitrogens with one attached hydrogen (secondary N) is 1. The van der Waals surface area contributed by atoms with Crippen LogP contribution in [-0.2, 0) is 32.6 Å². The Hall–Kier alpha value is -4.68. The molecule has 3 heterocycles. The van der Waals surface area contributed by atoms with Crippen LogP contribution in [-0.4, -0.2) is 74.9 Å². The van der Waals surface area contributed by atoms with Crippen LogP contribution in [0.4, 0.5) is 5.69 Å². The second-order valence-electron chi connectivity index (χ2n) is 13.3. The van der Waals surface area contributed by atoms with Crippen LogP contribution in [0.25, 0.3) is 11.0 Å². The van der Waals surface area contributed by atoms with Gasteiger partial charge in [-0.15, -0.1) is 0 Å². The summed E-state index contributed by atoms with van der Waals surface area (Å²) in [4.78, 5) is 57.0. The minimum atomic E-state index is -3.56. The van der Waals surface area contributed by atoms with E-state index in [0.717, 1.165) is 60.0 Å². The number of hydrogen-bond donors (Lipinski definition) is 1. The number of amides is 3. The molecule has 0 aliphatic carbocycles. The quantitative estimate of drug-likeness (QED) is 0.240. The predicted molar refractivity (Wildman–Crippen MR) is 196 cm³/mol. The van der Waals surface area contributed by atoms with E-state index in [2.05, 4.69) is 17.4 Å². The first-order chi connectivity index (χ1) is 24.4. The number of nitrogens with zero attached hydrogens (tertiary/aromatic N) is 3. The summed E-state index contributed by atoms with van der Waals surface area (Å²) in [5.74, 6) is -0.831. The molecule has 2 aliphatic rings. The van der Waals surface area contributed by atoms with Gasteiger partial charge in [0.1, 0.15) is 11.6 Å². The second-order valence-corrected chi connectivity index (χ2v) is 15.8. The van der Waals surface area contributed by atoms with Crippen molar-refractivity contribution in [3.05, 3.63) is 110 Å². The highest BCUT2D eigenvalue weighted by Crippen LogP contribution is 2.32. The van der Waals surface area contributed by atoms with Gasteiger partial charge in [0.2, 0.25) is 21.8 Å². The van der Waals surface area contributed by atoms with E-state index >= 15 is 0 Å². The van der Waals surface area contributed by atoms with Crippen molar-refractivity contribution in [2.24, 2.45) is 0 Å². The smallest absolute Gasteiger partial charge is 0.287 e. The lowest BCUT2D eigenvalue weighted by molar-refractivity contribution is -0.135. The van der Waals surface area contributed by atoms with E-state index in [9.17, 15) is 27.6 Å². The Bertz CT molecular complexity index is 2110. The van der Waals surface area contributed by atoms with E-state index in [-0.39, 0.29) is 46.6 Å². The Balaban J connectivity index is 1.19. The van der Waals surface area contributed by atoms with E-state index < -0.39 is 27.4 Å². The molecule has 0 bridgehead atoms. The first kappa shape index (κ1) is 36.1. The number of halogens is 1. The Morgan fingerprint density at radius 2 is 1.71 bits per heavy atom. The largest absolute Gasteiger partial charge is 0.451 e. The lowest BCUT2D eigenvalue weighted by Crippen LogP contribution is -2.51. The van der Waals surface area contributed by atoms with Crippen molar-refractivity contribution < 1.29 is 27.2 Å². The van der Waals surface area contributed by atoms with Crippen molar-refractivity contribution >= 4 is 56.0 Å². The van der Waals surface area contributed by atoms with Crippen molar-refractivity contribution in [2.45, 2.75) is 57.0 Å². The van der Waals surface area contributed by atoms with Gasteiger partial charge in [-0.1, -0.05) is 48.0 Å². The van der Waals surface area contributed by atoms with Crippen LogP contribution in [0.15, 0.2) is 82.0 Å². The Morgan fingerprint density at radius 1 is 0.980 bits per heavy atom. The highest BCUT2D eigenvalue weighted by Gasteiger charge is 2.32. The molecule has 0 unspecified atom stereocenters. The third-order valence-corrected chi connectivity index (χ3v) is 11.3. The molecule has 2 saturated heterocycles. The number of likely N-dealkylation sites (tertiary alicyclic amines) is 2. The van der Waals surface area contributed by atoms with Gasteiger partial charge < -0.3 is 19.5 Å². The molecule has 1 aromatic heterocycles. The molecular formula is C38H41ClN4O7S. The third-order valence-electron chi connectivity index (χ3n) is 9.84. The number of benzene rings is 3. The molecule has 0 saturated carbocycles. The molecular weight excluding hydrogens is 692 g/mol. The van der Waals surface area contributed by atoms with Gasteiger partial charge in [0.25, 0.3) is 5.91 Å². The van der Waals surface area contributed by atoms with Crippen molar-refractivity contribution in [3.8, 4) is 0 Å². The average molecular weight is 733 g/mol. The molecule has 51 heavy (non-hydrogen) atoms. The van der Waals surface area contributed by atoms with Crippen molar-refractivity contribution in [1.82, 2.24) is 15.1 Å². The van der Waals surface area contributed by atoms with Crippen molar-refractivity contribution in [1.29, 1.82) is 0 Å². The van der Waals surface area contributed by atoms with Gasteiger partial charge in [-0.3, -0.25) is 23.5 Å². The third kappa shape index (κ3) is 8.45. The second kappa shape index (κ2) is 15.3. The summed E-state index contributed by atoms with van der Waals surface area (Å²) in [6.45, 7) is 2.34. The molecule has 268 valence electrons. The summed E-state index contributed by atoms with van der Waals surface area (Å²) in [6, 6.07) is 19.7. The van der Waals surface area contributed by atoms with Gasteiger partial charge in [0, 0.05) is 57.2 Å². The summed E-state index contributed by atoms with van der Waals surface area (Å²) in [5, 5.41) is 3.47. The molecule has 6 rings (SSSR count). The minimum Gasteiger partial charge on any atom is -0.451 e. The maximum Gasteiger partial charge on any atom is 0.287 e. The molecule has 3 amide bonds.